The smallest absolute Gasteiger partial charge is 0.286 e. The van der Waals surface area contributed by atoms with Crippen LogP contribution in [0.5, 0.6) is 11.5 Å². The summed E-state index contributed by atoms with van der Waals surface area (Å²) in [5.74, 6) is 1.31. The normalized spacial score (nSPS) is 18.2. The van der Waals surface area contributed by atoms with Crippen LogP contribution in [0.3, 0.4) is 0 Å². The highest BCUT2D eigenvalue weighted by Crippen LogP contribution is 2.40. The van der Waals surface area contributed by atoms with Gasteiger partial charge >= 0.3 is 0 Å². The summed E-state index contributed by atoms with van der Waals surface area (Å²) in [4.78, 5) is 19.9. The van der Waals surface area contributed by atoms with Gasteiger partial charge in [-0.15, -0.1) is 0 Å². The fourth-order valence-electron chi connectivity index (χ4n) is 4.25. The minimum atomic E-state index is -0.259. The van der Waals surface area contributed by atoms with Crippen molar-refractivity contribution < 1.29 is 14.3 Å². The first-order valence-corrected chi connectivity index (χ1v) is 12.7. The third kappa shape index (κ3) is 5.24. The standard InChI is InChI=1S/C29H28N4O3S/c1-32(2)22-11-7-21(8-12-22)26-18-25(20-9-15-24(36-4)16-10-20)31-33(26)29-30-28(34)27(37-29)17-19-5-13-23(35-3)14-6-19/h5-17,26H,18H2,1-4H3/b27-17-. The van der Waals surface area contributed by atoms with Crippen LogP contribution in [0.25, 0.3) is 6.08 Å². The number of hydrogen-bond donors (Lipinski definition) is 0. The molecule has 0 aromatic heterocycles. The molecule has 3 aromatic carbocycles. The second kappa shape index (κ2) is 10.5. The number of carbonyl (C=O) groups excluding carboxylic acids is 1. The highest BCUT2D eigenvalue weighted by Gasteiger charge is 2.36. The first kappa shape index (κ1) is 24.6. The molecule has 5 rings (SSSR count). The van der Waals surface area contributed by atoms with E-state index in [9.17, 15) is 4.79 Å². The molecule has 2 aliphatic heterocycles. The first-order chi connectivity index (χ1) is 17.9. The van der Waals surface area contributed by atoms with Crippen molar-refractivity contribution in [3.8, 4) is 11.5 Å². The topological polar surface area (TPSA) is 66.7 Å². The molecule has 8 heteroatoms. The third-order valence-corrected chi connectivity index (χ3v) is 7.32. The number of amidine groups is 1. The molecule has 0 spiro atoms. The molecule has 1 unspecified atom stereocenters. The molecule has 0 saturated carbocycles. The molecule has 2 heterocycles. The number of amides is 1. The van der Waals surface area contributed by atoms with Crippen molar-refractivity contribution >= 4 is 40.3 Å². The Bertz CT molecular complexity index is 1380. The summed E-state index contributed by atoms with van der Waals surface area (Å²) in [6.07, 6.45) is 2.55. The molecule has 7 nitrogen and oxygen atoms in total. The molecule has 1 atom stereocenters. The number of hydrazone groups is 1. The lowest BCUT2D eigenvalue weighted by molar-refractivity contribution is -0.113. The summed E-state index contributed by atoms with van der Waals surface area (Å²) in [6.45, 7) is 0. The zero-order valence-electron chi connectivity index (χ0n) is 21.2. The van der Waals surface area contributed by atoms with Gasteiger partial charge in [0.25, 0.3) is 5.91 Å². The summed E-state index contributed by atoms with van der Waals surface area (Å²) in [5.41, 5.74) is 5.10. The number of ether oxygens (including phenoxy) is 2. The van der Waals surface area contributed by atoms with E-state index >= 15 is 0 Å². The Morgan fingerprint density at radius 3 is 2.14 bits per heavy atom. The van der Waals surface area contributed by atoms with Crippen LogP contribution in [0, 0.1) is 0 Å². The largest absolute Gasteiger partial charge is 0.497 e. The van der Waals surface area contributed by atoms with E-state index in [0.717, 1.165) is 39.6 Å². The number of thioether (sulfide) groups is 1. The minimum absolute atomic E-state index is 0.0762. The Kier molecular flexibility index (Phi) is 7.01. The Balaban J connectivity index is 1.45. The zero-order chi connectivity index (χ0) is 25.9. The van der Waals surface area contributed by atoms with E-state index in [1.807, 2.05) is 73.7 Å². The van der Waals surface area contributed by atoms with Crippen molar-refractivity contribution in [2.24, 2.45) is 10.1 Å². The van der Waals surface area contributed by atoms with Crippen LogP contribution in [-0.2, 0) is 4.79 Å². The lowest BCUT2D eigenvalue weighted by Gasteiger charge is -2.23. The van der Waals surface area contributed by atoms with Gasteiger partial charge in [0.05, 0.1) is 30.9 Å². The number of benzene rings is 3. The second-order valence-corrected chi connectivity index (χ2v) is 9.92. The molecule has 0 N–H and O–H groups in total. The molecule has 188 valence electrons. The van der Waals surface area contributed by atoms with E-state index in [1.54, 1.807) is 14.2 Å². The summed E-state index contributed by atoms with van der Waals surface area (Å²) in [5, 5.41) is 7.43. The van der Waals surface area contributed by atoms with Crippen molar-refractivity contribution in [2.75, 3.05) is 33.2 Å². The maximum atomic E-state index is 12.9. The lowest BCUT2D eigenvalue weighted by atomic mass is 9.98. The van der Waals surface area contributed by atoms with Gasteiger partial charge in [-0.25, -0.2) is 5.01 Å². The maximum absolute atomic E-state index is 12.9. The van der Waals surface area contributed by atoms with Crippen LogP contribution in [0.15, 0.2) is 87.8 Å². The molecule has 2 aliphatic rings. The molecule has 0 bridgehead atoms. The summed E-state index contributed by atoms with van der Waals surface area (Å²) < 4.78 is 10.5. The minimum Gasteiger partial charge on any atom is -0.497 e. The Labute approximate surface area is 221 Å². The third-order valence-electron chi connectivity index (χ3n) is 6.35. The second-order valence-electron chi connectivity index (χ2n) is 8.91. The SMILES string of the molecule is COc1ccc(/C=C2\SC(N3N=C(c4ccc(OC)cc4)CC3c3ccc(N(C)C)cc3)=NC2=O)cc1. The van der Waals surface area contributed by atoms with Gasteiger partial charge in [-0.3, -0.25) is 4.79 Å². The van der Waals surface area contributed by atoms with E-state index in [4.69, 9.17) is 14.6 Å². The zero-order valence-corrected chi connectivity index (χ0v) is 22.0. The number of methoxy groups -OCH3 is 2. The van der Waals surface area contributed by atoms with E-state index in [2.05, 4.69) is 34.2 Å². The number of hydrogen-bond acceptors (Lipinski definition) is 7. The average Bonchev–Trinajstić information content (AvgIpc) is 3.53. The molecule has 0 radical (unpaired) electrons. The van der Waals surface area contributed by atoms with E-state index < -0.39 is 0 Å². The van der Waals surface area contributed by atoms with Crippen LogP contribution in [-0.4, -0.2) is 50.1 Å². The molecular formula is C29H28N4O3S. The van der Waals surface area contributed by atoms with Crippen LogP contribution in [0.2, 0.25) is 0 Å². The van der Waals surface area contributed by atoms with Crippen LogP contribution in [0.4, 0.5) is 5.69 Å². The highest BCUT2D eigenvalue weighted by atomic mass is 32.2. The molecule has 3 aromatic rings. The van der Waals surface area contributed by atoms with E-state index in [1.165, 1.54) is 11.8 Å². The maximum Gasteiger partial charge on any atom is 0.286 e. The fourth-order valence-corrected chi connectivity index (χ4v) is 5.16. The quantitative estimate of drug-likeness (QED) is 0.401. The van der Waals surface area contributed by atoms with Gasteiger partial charge in [0.2, 0.25) is 0 Å². The van der Waals surface area contributed by atoms with Crippen molar-refractivity contribution in [1.29, 1.82) is 0 Å². The molecule has 0 fully saturated rings. The predicted octanol–water partition coefficient (Wildman–Crippen LogP) is 5.59. The van der Waals surface area contributed by atoms with Gasteiger partial charge < -0.3 is 14.4 Å². The summed E-state index contributed by atoms with van der Waals surface area (Å²) in [6, 6.07) is 23.8. The van der Waals surface area contributed by atoms with Gasteiger partial charge in [0.15, 0.2) is 5.17 Å². The summed E-state index contributed by atoms with van der Waals surface area (Å²) >= 11 is 1.35. The molecule has 1 amide bonds. The molecule has 0 saturated heterocycles. The fraction of sp³-hybridized carbons (Fsp3) is 0.207. The van der Waals surface area contributed by atoms with Crippen molar-refractivity contribution in [3.63, 3.8) is 0 Å². The monoisotopic (exact) mass is 512 g/mol. The first-order valence-electron chi connectivity index (χ1n) is 11.9. The van der Waals surface area contributed by atoms with Crippen molar-refractivity contribution in [1.82, 2.24) is 5.01 Å². The van der Waals surface area contributed by atoms with Crippen LogP contribution >= 0.6 is 11.8 Å². The van der Waals surface area contributed by atoms with E-state index in [0.29, 0.717) is 16.5 Å². The Morgan fingerprint density at radius 2 is 1.54 bits per heavy atom. The number of rotatable bonds is 6. The van der Waals surface area contributed by atoms with Gasteiger partial charge in [-0.05, 0) is 83.1 Å². The van der Waals surface area contributed by atoms with Gasteiger partial charge in [0, 0.05) is 26.2 Å². The Hall–Kier alpha value is -4.04. The van der Waals surface area contributed by atoms with Gasteiger partial charge in [-0.1, -0.05) is 24.3 Å². The van der Waals surface area contributed by atoms with E-state index in [-0.39, 0.29) is 11.9 Å². The number of aliphatic imine (C=N–C) groups is 1. The lowest BCUT2D eigenvalue weighted by Crippen LogP contribution is -2.23. The number of carbonyl (C=O) groups is 1. The van der Waals surface area contributed by atoms with Crippen LogP contribution in [0.1, 0.15) is 29.2 Å². The predicted molar refractivity (Wildman–Crippen MR) is 151 cm³/mol. The van der Waals surface area contributed by atoms with Crippen LogP contribution < -0.4 is 14.4 Å². The van der Waals surface area contributed by atoms with Crippen molar-refractivity contribution in [3.05, 3.63) is 94.4 Å². The number of nitrogens with zero attached hydrogens (tertiary/aromatic N) is 4. The molecule has 37 heavy (non-hydrogen) atoms. The van der Waals surface area contributed by atoms with Crippen molar-refractivity contribution in [2.45, 2.75) is 12.5 Å². The van der Waals surface area contributed by atoms with Gasteiger partial charge in [0.1, 0.15) is 11.5 Å². The van der Waals surface area contributed by atoms with Gasteiger partial charge in [-0.2, -0.15) is 10.1 Å². The number of anilines is 1. The summed E-state index contributed by atoms with van der Waals surface area (Å²) in [7, 11) is 7.33. The molecular weight excluding hydrogens is 484 g/mol. The highest BCUT2D eigenvalue weighted by molar-refractivity contribution is 8.18. The average molecular weight is 513 g/mol. The Morgan fingerprint density at radius 1 is 0.919 bits per heavy atom. The molecule has 0 aliphatic carbocycles.